The fourth-order valence-corrected chi connectivity index (χ4v) is 5.15. The number of nitrogens with zero attached hydrogens (tertiary/aromatic N) is 1. The minimum absolute atomic E-state index is 0.0636. The zero-order chi connectivity index (χ0) is 20.5. The van der Waals surface area contributed by atoms with Crippen LogP contribution >= 0.6 is 0 Å². The molecule has 0 spiro atoms. The van der Waals surface area contributed by atoms with Gasteiger partial charge in [0, 0.05) is 13.1 Å². The first-order valence-electron chi connectivity index (χ1n) is 10.3. The average molecular weight is 395 g/mol. The summed E-state index contributed by atoms with van der Waals surface area (Å²) in [6.07, 6.45) is 4.27. The Morgan fingerprint density at radius 1 is 0.793 bits per heavy atom. The van der Waals surface area contributed by atoms with Crippen molar-refractivity contribution in [2.75, 3.05) is 13.1 Å². The Morgan fingerprint density at radius 2 is 1.34 bits per heavy atom. The number of hydrogen-bond donors (Lipinski definition) is 1. The number of carbonyl (C=O) groups excluding carboxylic acids is 1. The number of halogens is 1. The summed E-state index contributed by atoms with van der Waals surface area (Å²) in [6, 6.07) is 15.6. The van der Waals surface area contributed by atoms with Crippen LogP contribution in [0.1, 0.15) is 49.7 Å². The van der Waals surface area contributed by atoms with Crippen LogP contribution in [0.4, 0.5) is 4.39 Å². The molecule has 4 rings (SSSR count). The van der Waals surface area contributed by atoms with Gasteiger partial charge in [-0.25, -0.2) is 4.39 Å². The lowest BCUT2D eigenvalue weighted by Gasteiger charge is -2.42. The maximum atomic E-state index is 13.6. The molecule has 1 saturated carbocycles. The smallest absolute Gasteiger partial charge is 0.314 e. The normalized spacial score (nSPS) is 20.4. The van der Waals surface area contributed by atoms with Crippen LogP contribution in [-0.2, 0) is 20.4 Å². The summed E-state index contributed by atoms with van der Waals surface area (Å²) in [7, 11) is 0. The monoisotopic (exact) mass is 395 g/mol. The SMILES string of the molecule is O=C(O)C1(c2ccccc2)CCN(C(=O)C2(c3ccc(F)cc3)CCCC2)CC1. The molecule has 2 fully saturated rings. The first-order chi connectivity index (χ1) is 14.0. The van der Waals surface area contributed by atoms with E-state index in [9.17, 15) is 19.1 Å². The third kappa shape index (κ3) is 3.33. The van der Waals surface area contributed by atoms with E-state index < -0.39 is 16.8 Å². The quantitative estimate of drug-likeness (QED) is 0.841. The second-order valence-corrected chi connectivity index (χ2v) is 8.34. The molecule has 1 heterocycles. The average Bonchev–Trinajstić information content (AvgIpc) is 3.25. The largest absolute Gasteiger partial charge is 0.481 e. The number of benzene rings is 2. The van der Waals surface area contributed by atoms with E-state index in [0.29, 0.717) is 25.9 Å². The molecule has 0 aromatic heterocycles. The van der Waals surface area contributed by atoms with E-state index in [-0.39, 0.29) is 11.7 Å². The number of carboxylic acids is 1. The van der Waals surface area contributed by atoms with Crippen LogP contribution in [0.3, 0.4) is 0 Å². The Bertz CT molecular complexity index is 880. The molecular formula is C24H26FNO3. The second-order valence-electron chi connectivity index (χ2n) is 8.34. The van der Waals surface area contributed by atoms with Gasteiger partial charge in [-0.2, -0.15) is 0 Å². The number of hydrogen-bond acceptors (Lipinski definition) is 2. The summed E-state index contributed by atoms with van der Waals surface area (Å²) in [5.74, 6) is -1.07. The standard InChI is InChI=1S/C24H26FNO3/c25-20-10-8-19(9-11-20)23(12-4-5-13-23)21(27)26-16-14-24(15-17-26,22(28)29)18-6-2-1-3-7-18/h1-3,6-11H,4-5,12-17H2,(H,28,29). The van der Waals surface area contributed by atoms with Gasteiger partial charge in [0.15, 0.2) is 0 Å². The molecule has 5 heteroatoms. The van der Waals surface area contributed by atoms with E-state index >= 15 is 0 Å². The fraction of sp³-hybridized carbons (Fsp3) is 0.417. The van der Waals surface area contributed by atoms with Crippen LogP contribution in [0.5, 0.6) is 0 Å². The van der Waals surface area contributed by atoms with Crippen LogP contribution in [0.25, 0.3) is 0 Å². The molecule has 1 amide bonds. The molecule has 0 radical (unpaired) electrons. The van der Waals surface area contributed by atoms with Gasteiger partial charge < -0.3 is 10.0 Å². The van der Waals surface area contributed by atoms with Gasteiger partial charge in [0.1, 0.15) is 5.82 Å². The van der Waals surface area contributed by atoms with Crippen molar-refractivity contribution in [2.45, 2.75) is 49.4 Å². The molecule has 1 aliphatic carbocycles. The lowest BCUT2D eigenvalue weighted by atomic mass is 9.71. The fourth-order valence-electron chi connectivity index (χ4n) is 5.15. The summed E-state index contributed by atoms with van der Waals surface area (Å²) in [4.78, 5) is 27.6. The Kier molecular flexibility index (Phi) is 5.15. The maximum Gasteiger partial charge on any atom is 0.314 e. The highest BCUT2D eigenvalue weighted by atomic mass is 19.1. The van der Waals surface area contributed by atoms with Crippen molar-refractivity contribution in [2.24, 2.45) is 0 Å². The Labute approximate surface area is 170 Å². The predicted molar refractivity (Wildman–Crippen MR) is 108 cm³/mol. The highest BCUT2D eigenvalue weighted by Crippen LogP contribution is 2.44. The van der Waals surface area contributed by atoms with Gasteiger partial charge in [0.05, 0.1) is 10.8 Å². The van der Waals surface area contributed by atoms with Gasteiger partial charge in [-0.15, -0.1) is 0 Å². The summed E-state index contributed by atoms with van der Waals surface area (Å²) in [5, 5.41) is 9.99. The van der Waals surface area contributed by atoms with Gasteiger partial charge in [-0.05, 0) is 48.9 Å². The van der Waals surface area contributed by atoms with Crippen LogP contribution in [0, 0.1) is 5.82 Å². The number of aliphatic carboxylic acids is 1. The lowest BCUT2D eigenvalue weighted by Crippen LogP contribution is -2.53. The number of piperidine rings is 1. The number of likely N-dealkylation sites (tertiary alicyclic amines) is 1. The van der Waals surface area contributed by atoms with Crippen molar-refractivity contribution in [3.8, 4) is 0 Å². The zero-order valence-electron chi connectivity index (χ0n) is 16.4. The van der Waals surface area contributed by atoms with E-state index in [1.807, 2.05) is 35.2 Å². The van der Waals surface area contributed by atoms with Crippen molar-refractivity contribution in [3.63, 3.8) is 0 Å². The van der Waals surface area contributed by atoms with Crippen LogP contribution in [0.15, 0.2) is 54.6 Å². The van der Waals surface area contributed by atoms with Gasteiger partial charge in [-0.1, -0.05) is 55.3 Å². The van der Waals surface area contributed by atoms with E-state index in [4.69, 9.17) is 0 Å². The molecule has 29 heavy (non-hydrogen) atoms. The van der Waals surface area contributed by atoms with Crippen molar-refractivity contribution < 1.29 is 19.1 Å². The zero-order valence-corrected chi connectivity index (χ0v) is 16.4. The molecule has 4 nitrogen and oxygen atoms in total. The molecule has 152 valence electrons. The Hall–Kier alpha value is -2.69. The van der Waals surface area contributed by atoms with Crippen molar-refractivity contribution in [3.05, 3.63) is 71.5 Å². The molecule has 0 bridgehead atoms. The first kappa shape index (κ1) is 19.6. The molecule has 2 aromatic carbocycles. The lowest BCUT2D eigenvalue weighted by molar-refractivity contribution is -0.149. The van der Waals surface area contributed by atoms with Gasteiger partial charge in [-0.3, -0.25) is 9.59 Å². The van der Waals surface area contributed by atoms with Crippen molar-refractivity contribution in [1.29, 1.82) is 0 Å². The predicted octanol–water partition coefficient (Wildman–Crippen LogP) is 4.28. The highest BCUT2D eigenvalue weighted by Gasteiger charge is 2.49. The molecular weight excluding hydrogens is 369 g/mol. The number of carboxylic acid groups (broad SMARTS) is 1. The third-order valence-electron chi connectivity index (χ3n) is 6.90. The molecule has 0 atom stereocenters. The van der Waals surface area contributed by atoms with Crippen LogP contribution in [-0.4, -0.2) is 35.0 Å². The minimum Gasteiger partial charge on any atom is -0.481 e. The number of carbonyl (C=O) groups is 2. The molecule has 0 unspecified atom stereocenters. The Morgan fingerprint density at radius 3 is 1.90 bits per heavy atom. The topological polar surface area (TPSA) is 57.6 Å². The van der Waals surface area contributed by atoms with E-state index in [2.05, 4.69) is 0 Å². The van der Waals surface area contributed by atoms with Crippen LogP contribution < -0.4 is 0 Å². The van der Waals surface area contributed by atoms with Gasteiger partial charge in [0.2, 0.25) is 5.91 Å². The molecule has 1 saturated heterocycles. The van der Waals surface area contributed by atoms with E-state index in [1.165, 1.54) is 12.1 Å². The van der Waals surface area contributed by atoms with Gasteiger partial charge >= 0.3 is 5.97 Å². The summed E-state index contributed by atoms with van der Waals surface area (Å²) in [6.45, 7) is 0.839. The second kappa shape index (κ2) is 7.62. The summed E-state index contributed by atoms with van der Waals surface area (Å²) >= 11 is 0. The van der Waals surface area contributed by atoms with Crippen molar-refractivity contribution >= 4 is 11.9 Å². The summed E-state index contributed by atoms with van der Waals surface area (Å²) < 4.78 is 13.4. The molecule has 1 aliphatic heterocycles. The summed E-state index contributed by atoms with van der Waals surface area (Å²) in [5.41, 5.74) is 0.119. The molecule has 1 N–H and O–H groups in total. The number of rotatable bonds is 4. The Balaban J connectivity index is 1.58. The van der Waals surface area contributed by atoms with Gasteiger partial charge in [0.25, 0.3) is 0 Å². The maximum absolute atomic E-state index is 13.6. The van der Waals surface area contributed by atoms with Crippen molar-refractivity contribution in [1.82, 2.24) is 4.90 Å². The molecule has 2 aliphatic rings. The van der Waals surface area contributed by atoms with E-state index in [0.717, 1.165) is 36.8 Å². The first-order valence-corrected chi connectivity index (χ1v) is 10.3. The minimum atomic E-state index is -0.948. The highest BCUT2D eigenvalue weighted by molar-refractivity contribution is 5.89. The third-order valence-corrected chi connectivity index (χ3v) is 6.90. The van der Waals surface area contributed by atoms with Crippen LogP contribution in [0.2, 0.25) is 0 Å². The van der Waals surface area contributed by atoms with E-state index in [1.54, 1.807) is 12.1 Å². The molecule has 2 aromatic rings. The number of amides is 1.